The van der Waals surface area contributed by atoms with Gasteiger partial charge in [-0.1, -0.05) is 47.1 Å². The van der Waals surface area contributed by atoms with Crippen LogP contribution in [0.1, 0.15) is 6.92 Å². The SMILES string of the molecule is CCn1c(SCC(=O)Nc2cc([N+](=O)[O-])ccc2Cl)nnc1-c1cccc(Cl)c1. The third kappa shape index (κ3) is 5.06. The lowest BCUT2D eigenvalue weighted by Gasteiger charge is -2.09. The molecule has 150 valence electrons. The normalized spacial score (nSPS) is 10.7. The minimum atomic E-state index is -0.554. The zero-order valence-corrected chi connectivity index (χ0v) is 17.5. The highest BCUT2D eigenvalue weighted by atomic mass is 35.5. The minimum Gasteiger partial charge on any atom is -0.324 e. The van der Waals surface area contributed by atoms with Crippen LogP contribution in [0.5, 0.6) is 0 Å². The lowest BCUT2D eigenvalue weighted by molar-refractivity contribution is -0.384. The second kappa shape index (κ2) is 9.25. The van der Waals surface area contributed by atoms with Crippen LogP contribution in [0.4, 0.5) is 11.4 Å². The first kappa shape index (κ1) is 21.1. The van der Waals surface area contributed by atoms with Gasteiger partial charge < -0.3 is 9.88 Å². The summed E-state index contributed by atoms with van der Waals surface area (Å²) >= 11 is 13.3. The third-order valence-corrected chi connectivity index (χ3v) is 5.41. The first-order valence-corrected chi connectivity index (χ1v) is 10.2. The molecule has 0 aliphatic carbocycles. The van der Waals surface area contributed by atoms with Crippen LogP contribution in [0.2, 0.25) is 10.0 Å². The molecule has 0 saturated carbocycles. The number of nitrogens with zero attached hydrogens (tertiary/aromatic N) is 4. The van der Waals surface area contributed by atoms with Crippen LogP contribution in [0.3, 0.4) is 0 Å². The molecule has 0 fully saturated rings. The Balaban J connectivity index is 1.71. The summed E-state index contributed by atoms with van der Waals surface area (Å²) in [5.41, 5.74) is 0.851. The van der Waals surface area contributed by atoms with E-state index in [0.29, 0.717) is 22.5 Å². The summed E-state index contributed by atoms with van der Waals surface area (Å²) in [6.45, 7) is 2.56. The topological polar surface area (TPSA) is 103 Å². The summed E-state index contributed by atoms with van der Waals surface area (Å²) in [6.07, 6.45) is 0. The molecule has 1 aromatic heterocycles. The van der Waals surface area contributed by atoms with Crippen LogP contribution in [0, 0.1) is 10.1 Å². The largest absolute Gasteiger partial charge is 0.324 e. The quantitative estimate of drug-likeness (QED) is 0.310. The molecule has 0 aliphatic rings. The number of nitrogens with one attached hydrogen (secondary N) is 1. The highest BCUT2D eigenvalue weighted by Crippen LogP contribution is 2.28. The molecule has 3 aromatic rings. The molecule has 2 aromatic carbocycles. The van der Waals surface area contributed by atoms with E-state index < -0.39 is 4.92 Å². The van der Waals surface area contributed by atoms with Crippen molar-refractivity contribution >= 4 is 52.2 Å². The van der Waals surface area contributed by atoms with E-state index >= 15 is 0 Å². The number of hydrogen-bond donors (Lipinski definition) is 1. The Morgan fingerprint density at radius 2 is 2.03 bits per heavy atom. The fourth-order valence-electron chi connectivity index (χ4n) is 2.56. The maximum absolute atomic E-state index is 12.3. The molecule has 29 heavy (non-hydrogen) atoms. The Morgan fingerprint density at radius 1 is 1.24 bits per heavy atom. The molecule has 0 atom stereocenters. The van der Waals surface area contributed by atoms with Gasteiger partial charge in [-0.2, -0.15) is 0 Å². The molecular formula is C18H15Cl2N5O3S. The molecule has 11 heteroatoms. The summed E-state index contributed by atoms with van der Waals surface area (Å²) < 4.78 is 1.88. The number of rotatable bonds is 7. The van der Waals surface area contributed by atoms with Gasteiger partial charge in [-0.25, -0.2) is 0 Å². The van der Waals surface area contributed by atoms with Crippen molar-refractivity contribution in [2.45, 2.75) is 18.6 Å². The van der Waals surface area contributed by atoms with Gasteiger partial charge in [0.25, 0.3) is 5.69 Å². The van der Waals surface area contributed by atoms with Gasteiger partial charge in [-0.15, -0.1) is 10.2 Å². The highest BCUT2D eigenvalue weighted by molar-refractivity contribution is 7.99. The van der Waals surface area contributed by atoms with Crippen LogP contribution in [0.25, 0.3) is 11.4 Å². The zero-order valence-electron chi connectivity index (χ0n) is 15.1. The third-order valence-electron chi connectivity index (χ3n) is 3.88. The summed E-state index contributed by atoms with van der Waals surface area (Å²) in [4.78, 5) is 22.6. The number of nitro groups is 1. The summed E-state index contributed by atoms with van der Waals surface area (Å²) in [6, 6.07) is 11.1. The van der Waals surface area contributed by atoms with Gasteiger partial charge in [-0.05, 0) is 25.1 Å². The summed E-state index contributed by atoms with van der Waals surface area (Å²) in [7, 11) is 0. The van der Waals surface area contributed by atoms with Crippen molar-refractivity contribution in [2.24, 2.45) is 0 Å². The van der Waals surface area contributed by atoms with Crippen molar-refractivity contribution in [2.75, 3.05) is 11.1 Å². The number of non-ortho nitro benzene ring substituents is 1. The van der Waals surface area contributed by atoms with E-state index in [4.69, 9.17) is 23.2 Å². The van der Waals surface area contributed by atoms with Gasteiger partial charge in [0.2, 0.25) is 5.91 Å². The molecule has 0 saturated heterocycles. The Morgan fingerprint density at radius 3 is 2.72 bits per heavy atom. The Kier molecular flexibility index (Phi) is 6.73. The first-order chi connectivity index (χ1) is 13.9. The predicted octanol–water partition coefficient (Wildman–Crippen LogP) is 4.91. The Labute approximate surface area is 180 Å². The Hall–Kier alpha value is -2.62. The van der Waals surface area contributed by atoms with Gasteiger partial charge in [0.15, 0.2) is 11.0 Å². The molecule has 1 heterocycles. The zero-order chi connectivity index (χ0) is 21.0. The number of aromatic nitrogens is 3. The number of carbonyl (C=O) groups excluding carboxylic acids is 1. The van der Waals surface area contributed by atoms with Gasteiger partial charge >= 0.3 is 0 Å². The monoisotopic (exact) mass is 451 g/mol. The molecule has 0 unspecified atom stereocenters. The number of carbonyl (C=O) groups is 1. The number of halogens is 2. The van der Waals surface area contributed by atoms with E-state index in [1.807, 2.05) is 23.6 Å². The molecular weight excluding hydrogens is 437 g/mol. The molecule has 3 rings (SSSR count). The average Bonchev–Trinajstić information content (AvgIpc) is 3.11. The van der Waals surface area contributed by atoms with E-state index in [1.165, 1.54) is 30.0 Å². The van der Waals surface area contributed by atoms with Crippen molar-refractivity contribution < 1.29 is 9.72 Å². The number of nitro benzene ring substituents is 1. The van der Waals surface area contributed by atoms with E-state index in [1.54, 1.807) is 12.1 Å². The fraction of sp³-hybridized carbons (Fsp3) is 0.167. The van der Waals surface area contributed by atoms with Gasteiger partial charge in [-0.3, -0.25) is 14.9 Å². The number of hydrogen-bond acceptors (Lipinski definition) is 6. The van der Waals surface area contributed by atoms with Crippen LogP contribution in [-0.2, 0) is 11.3 Å². The van der Waals surface area contributed by atoms with Crippen molar-refractivity contribution in [1.82, 2.24) is 14.8 Å². The molecule has 0 radical (unpaired) electrons. The first-order valence-electron chi connectivity index (χ1n) is 8.44. The second-order valence-electron chi connectivity index (χ2n) is 5.82. The van der Waals surface area contributed by atoms with Crippen molar-refractivity contribution in [1.29, 1.82) is 0 Å². The highest BCUT2D eigenvalue weighted by Gasteiger charge is 2.16. The molecule has 1 amide bonds. The number of anilines is 1. The van der Waals surface area contributed by atoms with Crippen molar-refractivity contribution in [3.63, 3.8) is 0 Å². The van der Waals surface area contributed by atoms with E-state index in [2.05, 4.69) is 15.5 Å². The van der Waals surface area contributed by atoms with Crippen LogP contribution >= 0.6 is 35.0 Å². The molecule has 0 spiro atoms. The second-order valence-corrected chi connectivity index (χ2v) is 7.61. The van der Waals surface area contributed by atoms with E-state index in [0.717, 1.165) is 5.56 Å². The molecule has 1 N–H and O–H groups in total. The Bertz CT molecular complexity index is 1070. The molecule has 8 nitrogen and oxygen atoms in total. The van der Waals surface area contributed by atoms with Crippen molar-refractivity contribution in [3.8, 4) is 11.4 Å². The smallest absolute Gasteiger partial charge is 0.271 e. The van der Waals surface area contributed by atoms with Gasteiger partial charge in [0.1, 0.15) is 0 Å². The van der Waals surface area contributed by atoms with Crippen LogP contribution in [-0.4, -0.2) is 31.3 Å². The lowest BCUT2D eigenvalue weighted by atomic mass is 10.2. The van der Waals surface area contributed by atoms with E-state index in [9.17, 15) is 14.9 Å². The summed E-state index contributed by atoms with van der Waals surface area (Å²) in [5.74, 6) is 0.319. The summed E-state index contributed by atoms with van der Waals surface area (Å²) in [5, 5.41) is 23.2. The average molecular weight is 452 g/mol. The minimum absolute atomic E-state index is 0.0344. The predicted molar refractivity (Wildman–Crippen MR) is 114 cm³/mol. The maximum Gasteiger partial charge on any atom is 0.271 e. The van der Waals surface area contributed by atoms with Crippen molar-refractivity contribution in [3.05, 3.63) is 62.6 Å². The molecule has 0 bridgehead atoms. The molecule has 0 aliphatic heterocycles. The van der Waals surface area contributed by atoms with E-state index in [-0.39, 0.29) is 28.1 Å². The van der Waals surface area contributed by atoms with Gasteiger partial charge in [0, 0.05) is 29.3 Å². The standard InChI is InChI=1S/C18H15Cl2N5O3S/c1-2-24-17(11-4-3-5-12(19)8-11)22-23-18(24)29-10-16(26)21-15-9-13(25(27)28)6-7-14(15)20/h3-9H,2,10H2,1H3,(H,21,26). The fourth-order valence-corrected chi connectivity index (χ4v) is 3.72. The number of thioether (sulfide) groups is 1. The number of amides is 1. The number of benzene rings is 2. The maximum atomic E-state index is 12.3. The lowest BCUT2D eigenvalue weighted by Crippen LogP contribution is -2.15. The van der Waals surface area contributed by atoms with Crippen LogP contribution < -0.4 is 5.32 Å². The van der Waals surface area contributed by atoms with Gasteiger partial charge in [0.05, 0.1) is 21.4 Å². The van der Waals surface area contributed by atoms with Crippen LogP contribution in [0.15, 0.2) is 47.6 Å².